The molecule has 0 unspecified atom stereocenters. The maximum absolute atomic E-state index is 13.2. The molecule has 4 heteroatoms. The van der Waals surface area contributed by atoms with Crippen molar-refractivity contribution in [2.45, 2.75) is 38.3 Å². The first-order valence-corrected chi connectivity index (χ1v) is 6.34. The third kappa shape index (κ3) is 2.70. The lowest BCUT2D eigenvalue weighted by atomic mass is 9.84. The van der Waals surface area contributed by atoms with E-state index in [1.807, 2.05) is 0 Å². The van der Waals surface area contributed by atoms with Gasteiger partial charge in [0.25, 0.3) is 0 Å². The molecule has 1 aromatic rings. The van der Waals surface area contributed by atoms with Gasteiger partial charge in [-0.05, 0) is 44.4 Å². The topological polar surface area (TPSA) is 23.5 Å². The van der Waals surface area contributed by atoms with Crippen LogP contribution < -0.4 is 0 Å². The number of benzene rings is 1. The van der Waals surface area contributed by atoms with Gasteiger partial charge in [-0.15, -0.1) is 0 Å². The molecule has 2 nitrogen and oxygen atoms in total. The predicted molar refractivity (Wildman–Crippen MR) is 66.2 cm³/mol. The van der Waals surface area contributed by atoms with Crippen LogP contribution in [0.5, 0.6) is 0 Å². The summed E-state index contributed by atoms with van der Waals surface area (Å²) in [7, 11) is 0. The van der Waals surface area contributed by atoms with Gasteiger partial charge in [-0.3, -0.25) is 0 Å². The smallest absolute Gasteiger partial charge is 0.126 e. The Balaban J connectivity index is 2.18. The summed E-state index contributed by atoms with van der Waals surface area (Å²) < 4.78 is 26.4. The van der Waals surface area contributed by atoms with Crippen molar-refractivity contribution in [1.29, 1.82) is 0 Å². The van der Waals surface area contributed by atoms with E-state index in [2.05, 4.69) is 18.7 Å². The molecule has 0 aromatic heterocycles. The number of aliphatic hydroxyl groups is 1. The van der Waals surface area contributed by atoms with Crippen molar-refractivity contribution < 1.29 is 13.9 Å². The van der Waals surface area contributed by atoms with Crippen molar-refractivity contribution in [2.24, 2.45) is 0 Å². The average molecular weight is 255 g/mol. The predicted octanol–water partition coefficient (Wildman–Crippen LogP) is 2.66. The second kappa shape index (κ2) is 4.94. The molecule has 1 aliphatic heterocycles. The number of nitrogens with zero attached hydrogens (tertiary/aromatic N) is 1. The Labute approximate surface area is 106 Å². The SMILES string of the molecule is CC(C)N1CCC(O)(c2cc(F)cc(F)c2)CC1. The molecule has 1 saturated heterocycles. The van der Waals surface area contributed by atoms with Crippen LogP contribution in [0.4, 0.5) is 8.78 Å². The van der Waals surface area contributed by atoms with E-state index in [1.165, 1.54) is 12.1 Å². The minimum Gasteiger partial charge on any atom is -0.385 e. The van der Waals surface area contributed by atoms with Crippen molar-refractivity contribution in [3.05, 3.63) is 35.4 Å². The summed E-state index contributed by atoms with van der Waals surface area (Å²) in [5.74, 6) is -1.27. The molecule has 100 valence electrons. The molecule has 2 rings (SSSR count). The van der Waals surface area contributed by atoms with Gasteiger partial charge in [-0.2, -0.15) is 0 Å². The van der Waals surface area contributed by atoms with E-state index in [0.29, 0.717) is 24.4 Å². The molecule has 0 bridgehead atoms. The Morgan fingerprint density at radius 1 is 1.11 bits per heavy atom. The van der Waals surface area contributed by atoms with E-state index < -0.39 is 17.2 Å². The van der Waals surface area contributed by atoms with Crippen LogP contribution in [-0.2, 0) is 5.60 Å². The monoisotopic (exact) mass is 255 g/mol. The number of likely N-dealkylation sites (tertiary alicyclic amines) is 1. The van der Waals surface area contributed by atoms with Gasteiger partial charge in [0.1, 0.15) is 11.6 Å². The minimum absolute atomic E-state index is 0.350. The molecule has 0 amide bonds. The van der Waals surface area contributed by atoms with Crippen LogP contribution in [0.1, 0.15) is 32.3 Å². The average Bonchev–Trinajstić information content (AvgIpc) is 2.28. The fourth-order valence-electron chi connectivity index (χ4n) is 2.52. The van der Waals surface area contributed by atoms with Crippen LogP contribution in [-0.4, -0.2) is 29.1 Å². The molecule has 1 N–H and O–H groups in total. The van der Waals surface area contributed by atoms with E-state index in [1.54, 1.807) is 0 Å². The zero-order valence-corrected chi connectivity index (χ0v) is 10.8. The molecule has 1 aromatic carbocycles. The first-order valence-electron chi connectivity index (χ1n) is 6.34. The minimum atomic E-state index is -1.10. The van der Waals surface area contributed by atoms with E-state index in [-0.39, 0.29) is 0 Å². The lowest BCUT2D eigenvalue weighted by molar-refractivity contribution is -0.0327. The van der Waals surface area contributed by atoms with Crippen LogP contribution in [0.15, 0.2) is 18.2 Å². The molecular formula is C14H19F2NO. The van der Waals surface area contributed by atoms with Gasteiger partial charge in [0.15, 0.2) is 0 Å². The number of rotatable bonds is 2. The lowest BCUT2D eigenvalue weighted by Crippen LogP contribution is -2.45. The van der Waals surface area contributed by atoms with E-state index in [9.17, 15) is 13.9 Å². The molecule has 1 fully saturated rings. The van der Waals surface area contributed by atoms with E-state index in [0.717, 1.165) is 19.2 Å². The van der Waals surface area contributed by atoms with Crippen molar-refractivity contribution in [1.82, 2.24) is 4.90 Å². The third-order valence-electron chi connectivity index (χ3n) is 3.76. The van der Waals surface area contributed by atoms with Gasteiger partial charge in [0.05, 0.1) is 5.60 Å². The van der Waals surface area contributed by atoms with Crippen LogP contribution in [0.25, 0.3) is 0 Å². The van der Waals surface area contributed by atoms with Gasteiger partial charge >= 0.3 is 0 Å². The molecular weight excluding hydrogens is 236 g/mol. The summed E-state index contributed by atoms with van der Waals surface area (Å²) in [4.78, 5) is 2.25. The van der Waals surface area contributed by atoms with Gasteiger partial charge in [0, 0.05) is 25.2 Å². The van der Waals surface area contributed by atoms with Crippen molar-refractivity contribution in [3.63, 3.8) is 0 Å². The van der Waals surface area contributed by atoms with Crippen molar-refractivity contribution in [3.8, 4) is 0 Å². The molecule has 0 aliphatic carbocycles. The first-order chi connectivity index (χ1) is 8.40. The summed E-state index contributed by atoms with van der Waals surface area (Å²) in [6.07, 6.45) is 1.02. The van der Waals surface area contributed by atoms with E-state index >= 15 is 0 Å². The Hall–Kier alpha value is -1.00. The summed E-state index contributed by atoms with van der Waals surface area (Å²) in [5, 5.41) is 10.5. The summed E-state index contributed by atoms with van der Waals surface area (Å²) >= 11 is 0. The van der Waals surface area contributed by atoms with E-state index in [4.69, 9.17) is 0 Å². The van der Waals surface area contributed by atoms with Crippen LogP contribution in [0.3, 0.4) is 0 Å². The fourth-order valence-corrected chi connectivity index (χ4v) is 2.52. The quantitative estimate of drug-likeness (QED) is 0.878. The third-order valence-corrected chi connectivity index (χ3v) is 3.76. The van der Waals surface area contributed by atoms with Crippen LogP contribution in [0, 0.1) is 11.6 Å². The summed E-state index contributed by atoms with van der Waals surface area (Å²) in [5.41, 5.74) is -0.752. The normalized spacial score (nSPS) is 20.3. The molecule has 1 aliphatic rings. The molecule has 18 heavy (non-hydrogen) atoms. The highest BCUT2D eigenvalue weighted by atomic mass is 19.1. The number of hydrogen-bond acceptors (Lipinski definition) is 2. The number of halogens is 2. The lowest BCUT2D eigenvalue weighted by Gasteiger charge is -2.40. The summed E-state index contributed by atoms with van der Waals surface area (Å²) in [6, 6.07) is 3.72. The Bertz CT molecular complexity index is 406. The highest BCUT2D eigenvalue weighted by molar-refractivity contribution is 5.25. The summed E-state index contributed by atoms with van der Waals surface area (Å²) in [6.45, 7) is 5.69. The standard InChI is InChI=1S/C14H19F2NO/c1-10(2)17-5-3-14(18,4-6-17)11-7-12(15)9-13(16)8-11/h7-10,18H,3-6H2,1-2H3. The zero-order valence-electron chi connectivity index (χ0n) is 10.8. The molecule has 0 atom stereocenters. The second-order valence-corrected chi connectivity index (χ2v) is 5.32. The van der Waals surface area contributed by atoms with Gasteiger partial charge in [-0.25, -0.2) is 8.78 Å². The number of hydrogen-bond donors (Lipinski definition) is 1. The van der Waals surface area contributed by atoms with Crippen molar-refractivity contribution in [2.75, 3.05) is 13.1 Å². The van der Waals surface area contributed by atoms with Gasteiger partial charge in [-0.1, -0.05) is 0 Å². The van der Waals surface area contributed by atoms with Gasteiger partial charge in [0.2, 0.25) is 0 Å². The maximum atomic E-state index is 13.2. The van der Waals surface area contributed by atoms with Crippen molar-refractivity contribution >= 4 is 0 Å². The largest absolute Gasteiger partial charge is 0.385 e. The first kappa shape index (κ1) is 13.4. The Kier molecular flexibility index (Phi) is 3.69. The van der Waals surface area contributed by atoms with Crippen LogP contribution >= 0.6 is 0 Å². The molecule has 0 saturated carbocycles. The van der Waals surface area contributed by atoms with Crippen LogP contribution in [0.2, 0.25) is 0 Å². The second-order valence-electron chi connectivity index (χ2n) is 5.32. The zero-order chi connectivity index (χ0) is 13.3. The fraction of sp³-hybridized carbons (Fsp3) is 0.571. The molecule has 0 radical (unpaired) electrons. The molecule has 1 heterocycles. The highest BCUT2D eigenvalue weighted by Crippen LogP contribution is 2.34. The maximum Gasteiger partial charge on any atom is 0.126 e. The number of piperidine rings is 1. The van der Waals surface area contributed by atoms with Gasteiger partial charge < -0.3 is 10.0 Å². The Morgan fingerprint density at radius 2 is 1.61 bits per heavy atom. The molecule has 0 spiro atoms. The Morgan fingerprint density at radius 3 is 2.06 bits per heavy atom. The highest BCUT2D eigenvalue weighted by Gasteiger charge is 2.35.